The van der Waals surface area contributed by atoms with Crippen molar-refractivity contribution in [3.05, 3.63) is 34.9 Å². The predicted octanol–water partition coefficient (Wildman–Crippen LogP) is 1.67. The highest BCUT2D eigenvalue weighted by atomic mass is 19.3. The molecule has 16 heavy (non-hydrogen) atoms. The van der Waals surface area contributed by atoms with Gasteiger partial charge in [0.25, 0.3) is 0 Å². The van der Waals surface area contributed by atoms with Gasteiger partial charge in [-0.15, -0.1) is 0 Å². The molecule has 0 aliphatic heterocycles. The Morgan fingerprint density at radius 2 is 2.12 bits per heavy atom. The summed E-state index contributed by atoms with van der Waals surface area (Å²) >= 11 is 0. The average Bonchev–Trinajstić information content (AvgIpc) is 2.17. The Bertz CT molecular complexity index is 405. The molecule has 0 aliphatic carbocycles. The molecule has 0 unspecified atom stereocenters. The van der Waals surface area contributed by atoms with Gasteiger partial charge in [-0.25, -0.2) is 4.79 Å². The number of rotatable bonds is 4. The van der Waals surface area contributed by atoms with Gasteiger partial charge in [0.15, 0.2) is 0 Å². The molecule has 0 radical (unpaired) electrons. The zero-order chi connectivity index (χ0) is 12.3. The van der Waals surface area contributed by atoms with Crippen LogP contribution in [0, 0.1) is 6.92 Å². The molecular weight excluding hydrogens is 216 g/mol. The second-order valence-corrected chi connectivity index (χ2v) is 3.57. The summed E-state index contributed by atoms with van der Waals surface area (Å²) in [4.78, 5) is 10.4. The summed E-state index contributed by atoms with van der Waals surface area (Å²) in [6.45, 7) is 1.89. The van der Waals surface area contributed by atoms with E-state index in [-0.39, 0.29) is 5.56 Å². The molecule has 1 rings (SSSR count). The predicted molar refractivity (Wildman–Crippen MR) is 55.5 cm³/mol. The van der Waals surface area contributed by atoms with Crippen LogP contribution in [0.25, 0.3) is 0 Å². The van der Waals surface area contributed by atoms with E-state index in [9.17, 15) is 13.6 Å². The Morgan fingerprint density at radius 1 is 1.50 bits per heavy atom. The summed E-state index contributed by atoms with van der Waals surface area (Å²) in [5.41, 5.74) is 5.96. The Hall–Kier alpha value is -1.49. The van der Waals surface area contributed by atoms with Gasteiger partial charge in [-0.2, -0.15) is 8.78 Å². The molecule has 0 heterocycles. The summed E-state index contributed by atoms with van der Waals surface area (Å²) in [5, 5.41) is 8.42. The first-order chi connectivity index (χ1) is 7.39. The van der Waals surface area contributed by atoms with Gasteiger partial charge in [0.1, 0.15) is 0 Å². The molecule has 0 aliphatic rings. The van der Waals surface area contributed by atoms with E-state index in [1.54, 1.807) is 6.07 Å². The number of hydrogen-bond acceptors (Lipinski definition) is 2. The molecule has 1 aromatic rings. The lowest BCUT2D eigenvalue weighted by molar-refractivity contribution is -0.166. The molecule has 88 valence electrons. The van der Waals surface area contributed by atoms with Crippen molar-refractivity contribution in [2.24, 2.45) is 5.73 Å². The summed E-state index contributed by atoms with van der Waals surface area (Å²) in [6, 6.07) is 4.17. The van der Waals surface area contributed by atoms with Crippen LogP contribution in [0.3, 0.4) is 0 Å². The molecule has 0 spiro atoms. The van der Waals surface area contributed by atoms with Gasteiger partial charge in [0, 0.05) is 5.56 Å². The van der Waals surface area contributed by atoms with Crippen LogP contribution in [0.15, 0.2) is 18.2 Å². The first-order valence-electron chi connectivity index (χ1n) is 4.81. The van der Waals surface area contributed by atoms with Crippen molar-refractivity contribution in [1.29, 1.82) is 0 Å². The van der Waals surface area contributed by atoms with Crippen molar-refractivity contribution < 1.29 is 18.7 Å². The molecular formula is C11H13F2NO2. The highest BCUT2D eigenvalue weighted by Gasteiger charge is 2.42. The summed E-state index contributed by atoms with van der Waals surface area (Å²) in [6.07, 6.45) is 0.583. The van der Waals surface area contributed by atoms with E-state index in [2.05, 4.69) is 0 Å². The van der Waals surface area contributed by atoms with Crippen LogP contribution in [0.1, 0.15) is 16.7 Å². The Kier molecular flexibility index (Phi) is 3.59. The van der Waals surface area contributed by atoms with Crippen LogP contribution < -0.4 is 5.73 Å². The summed E-state index contributed by atoms with van der Waals surface area (Å²) < 4.78 is 26.5. The van der Waals surface area contributed by atoms with Gasteiger partial charge in [0.05, 0.1) is 0 Å². The average molecular weight is 229 g/mol. The third kappa shape index (κ3) is 2.36. The molecule has 1 aromatic carbocycles. The number of carboxylic acids is 1. The third-order valence-corrected chi connectivity index (χ3v) is 2.33. The van der Waals surface area contributed by atoms with E-state index in [0.29, 0.717) is 13.0 Å². The maximum Gasteiger partial charge on any atom is 0.379 e. The minimum Gasteiger partial charge on any atom is -0.477 e. The largest absolute Gasteiger partial charge is 0.477 e. The molecule has 0 amide bonds. The fraction of sp³-hybridized carbons (Fsp3) is 0.364. The van der Waals surface area contributed by atoms with Crippen molar-refractivity contribution >= 4 is 5.97 Å². The van der Waals surface area contributed by atoms with Crippen LogP contribution >= 0.6 is 0 Å². The maximum atomic E-state index is 13.2. The number of carbonyl (C=O) groups is 1. The van der Waals surface area contributed by atoms with Crippen molar-refractivity contribution in [3.8, 4) is 0 Å². The van der Waals surface area contributed by atoms with Crippen LogP contribution in [-0.2, 0) is 17.1 Å². The fourth-order valence-corrected chi connectivity index (χ4v) is 1.52. The molecule has 0 saturated carbocycles. The van der Waals surface area contributed by atoms with Gasteiger partial charge < -0.3 is 10.8 Å². The molecule has 0 bridgehead atoms. The molecule has 5 heteroatoms. The Labute approximate surface area is 91.9 Å². The molecule has 3 N–H and O–H groups in total. The quantitative estimate of drug-likeness (QED) is 0.825. The Morgan fingerprint density at radius 3 is 2.56 bits per heavy atom. The van der Waals surface area contributed by atoms with Crippen LogP contribution in [0.5, 0.6) is 0 Å². The van der Waals surface area contributed by atoms with Crippen molar-refractivity contribution in [3.63, 3.8) is 0 Å². The van der Waals surface area contributed by atoms with Crippen molar-refractivity contribution in [2.45, 2.75) is 19.3 Å². The van der Waals surface area contributed by atoms with Gasteiger partial charge in [-0.3, -0.25) is 0 Å². The molecule has 0 saturated heterocycles. The van der Waals surface area contributed by atoms with E-state index >= 15 is 0 Å². The first-order valence-corrected chi connectivity index (χ1v) is 4.81. The lowest BCUT2D eigenvalue weighted by Gasteiger charge is -2.15. The summed E-state index contributed by atoms with van der Waals surface area (Å²) in [7, 11) is 0. The number of alkyl halides is 2. The number of carboxylic acid groups (broad SMARTS) is 1. The van der Waals surface area contributed by atoms with Gasteiger partial charge >= 0.3 is 11.9 Å². The standard InChI is InChI=1S/C11H13F2NO2/c1-7-6-8(4-5-14)2-3-9(7)11(12,13)10(15)16/h2-3,6H,4-5,14H2,1H3,(H,15,16). The minimum absolute atomic E-state index is 0.262. The fourth-order valence-electron chi connectivity index (χ4n) is 1.52. The zero-order valence-electron chi connectivity index (χ0n) is 8.84. The van der Waals surface area contributed by atoms with E-state index in [0.717, 1.165) is 11.6 Å². The van der Waals surface area contributed by atoms with E-state index in [1.165, 1.54) is 13.0 Å². The van der Waals surface area contributed by atoms with Gasteiger partial charge in [-0.1, -0.05) is 18.2 Å². The number of aryl methyl sites for hydroxylation is 1. The lowest BCUT2D eigenvalue weighted by Crippen LogP contribution is -2.26. The molecule has 3 nitrogen and oxygen atoms in total. The van der Waals surface area contributed by atoms with Crippen molar-refractivity contribution in [2.75, 3.05) is 6.54 Å². The second kappa shape index (κ2) is 4.57. The normalized spacial score (nSPS) is 11.5. The topological polar surface area (TPSA) is 63.3 Å². The highest BCUT2D eigenvalue weighted by molar-refractivity contribution is 5.77. The van der Waals surface area contributed by atoms with Crippen LogP contribution in [0.2, 0.25) is 0 Å². The smallest absolute Gasteiger partial charge is 0.379 e. The molecule has 0 atom stereocenters. The maximum absolute atomic E-state index is 13.2. The third-order valence-electron chi connectivity index (χ3n) is 2.33. The monoisotopic (exact) mass is 229 g/mol. The van der Waals surface area contributed by atoms with Crippen molar-refractivity contribution in [1.82, 2.24) is 0 Å². The number of benzene rings is 1. The number of aliphatic carboxylic acids is 1. The number of hydrogen-bond donors (Lipinski definition) is 2. The van der Waals surface area contributed by atoms with E-state index in [4.69, 9.17) is 10.8 Å². The SMILES string of the molecule is Cc1cc(CCN)ccc1C(F)(F)C(=O)O. The number of nitrogens with two attached hydrogens (primary N) is 1. The van der Waals surface area contributed by atoms with Crippen LogP contribution in [-0.4, -0.2) is 17.6 Å². The number of halogens is 2. The van der Waals surface area contributed by atoms with E-state index in [1.807, 2.05) is 0 Å². The minimum atomic E-state index is -3.84. The Balaban J connectivity index is 3.13. The van der Waals surface area contributed by atoms with Gasteiger partial charge in [0.2, 0.25) is 0 Å². The summed E-state index contributed by atoms with van der Waals surface area (Å²) in [5.74, 6) is -5.98. The lowest BCUT2D eigenvalue weighted by atomic mass is 9.99. The van der Waals surface area contributed by atoms with Crippen LogP contribution in [0.4, 0.5) is 8.78 Å². The van der Waals surface area contributed by atoms with Gasteiger partial charge in [-0.05, 0) is 31.0 Å². The first kappa shape index (κ1) is 12.6. The second-order valence-electron chi connectivity index (χ2n) is 3.57. The molecule has 0 fully saturated rings. The molecule has 0 aromatic heterocycles. The zero-order valence-corrected chi connectivity index (χ0v) is 8.84. The highest BCUT2D eigenvalue weighted by Crippen LogP contribution is 2.31. The van der Waals surface area contributed by atoms with E-state index < -0.39 is 17.5 Å².